The molecular formula is C26H29F6N5O4. The van der Waals surface area contributed by atoms with Gasteiger partial charge in [0.05, 0.1) is 29.3 Å². The van der Waals surface area contributed by atoms with Gasteiger partial charge in [0.25, 0.3) is 0 Å². The molecule has 224 valence electrons. The fraction of sp³-hybridized carbons (Fsp3) is 0.615. The zero-order valence-electron chi connectivity index (χ0n) is 22.5. The molecule has 41 heavy (non-hydrogen) atoms. The number of rotatable bonds is 5. The molecule has 15 heteroatoms. The van der Waals surface area contributed by atoms with E-state index in [0.717, 1.165) is 4.90 Å². The van der Waals surface area contributed by atoms with Gasteiger partial charge in [0.1, 0.15) is 17.7 Å². The van der Waals surface area contributed by atoms with Crippen molar-refractivity contribution < 1.29 is 45.5 Å². The van der Waals surface area contributed by atoms with E-state index in [1.54, 1.807) is 25.7 Å². The third-order valence-corrected chi connectivity index (χ3v) is 7.21. The molecular weight excluding hydrogens is 560 g/mol. The van der Waals surface area contributed by atoms with Gasteiger partial charge >= 0.3 is 18.4 Å². The number of carbonyl (C=O) groups excluding carboxylic acids is 3. The first-order valence-electron chi connectivity index (χ1n) is 13.0. The summed E-state index contributed by atoms with van der Waals surface area (Å²) in [7, 11) is 0. The molecule has 1 N–H and O–H groups in total. The number of carbonyl (C=O) groups is 3. The zero-order chi connectivity index (χ0) is 30.5. The fourth-order valence-corrected chi connectivity index (χ4v) is 5.52. The number of fused-ring (bicyclic) bond motifs is 2. The summed E-state index contributed by atoms with van der Waals surface area (Å²) in [4.78, 5) is 43.1. The summed E-state index contributed by atoms with van der Waals surface area (Å²) in [5.74, 6) is -1.27. The minimum atomic E-state index is -5.07. The van der Waals surface area contributed by atoms with Gasteiger partial charge in [-0.25, -0.2) is 4.79 Å². The summed E-state index contributed by atoms with van der Waals surface area (Å²) in [5, 5.41) is 11.9. The van der Waals surface area contributed by atoms with Gasteiger partial charge in [0.15, 0.2) is 0 Å². The van der Waals surface area contributed by atoms with Crippen molar-refractivity contribution in [3.8, 4) is 6.07 Å². The summed E-state index contributed by atoms with van der Waals surface area (Å²) in [5.41, 5.74) is -4.46. The Labute approximate surface area is 232 Å². The number of benzene rings is 1. The highest BCUT2D eigenvalue weighted by atomic mass is 19.4. The lowest BCUT2D eigenvalue weighted by atomic mass is 10.1. The molecule has 0 aromatic heterocycles. The zero-order valence-corrected chi connectivity index (χ0v) is 22.5. The monoisotopic (exact) mass is 589 g/mol. The molecule has 4 atom stereocenters. The molecule has 0 unspecified atom stereocenters. The minimum absolute atomic E-state index is 0.0000135. The normalized spacial score (nSPS) is 24.0. The highest BCUT2D eigenvalue weighted by molar-refractivity contribution is 6.01. The van der Waals surface area contributed by atoms with Crippen molar-refractivity contribution in [3.63, 3.8) is 0 Å². The molecule has 3 aliphatic rings. The van der Waals surface area contributed by atoms with Gasteiger partial charge in [-0.15, -0.1) is 0 Å². The van der Waals surface area contributed by atoms with E-state index >= 15 is 0 Å². The van der Waals surface area contributed by atoms with Gasteiger partial charge in [-0.1, -0.05) is 0 Å². The molecule has 1 aromatic carbocycles. The Bertz CT molecular complexity index is 1220. The topological polar surface area (TPSA) is 106 Å². The van der Waals surface area contributed by atoms with Crippen molar-refractivity contribution in [1.29, 1.82) is 5.26 Å². The van der Waals surface area contributed by atoms with Gasteiger partial charge < -0.3 is 19.9 Å². The lowest BCUT2D eigenvalue weighted by Gasteiger charge is -2.36. The van der Waals surface area contributed by atoms with Gasteiger partial charge in [-0.2, -0.15) is 31.6 Å². The minimum Gasteiger partial charge on any atom is -0.444 e. The van der Waals surface area contributed by atoms with Crippen molar-refractivity contribution >= 4 is 23.6 Å². The molecule has 3 heterocycles. The van der Waals surface area contributed by atoms with Crippen LogP contribution in [0.15, 0.2) is 18.2 Å². The summed E-state index contributed by atoms with van der Waals surface area (Å²) in [6.07, 6.45) is -9.89. The summed E-state index contributed by atoms with van der Waals surface area (Å²) in [6, 6.07) is -0.522. The number of hydrogen-bond acceptors (Lipinski definition) is 6. The number of nitriles is 1. The van der Waals surface area contributed by atoms with Crippen LogP contribution < -0.4 is 10.2 Å². The van der Waals surface area contributed by atoms with Gasteiger partial charge in [0, 0.05) is 25.3 Å². The Kier molecular flexibility index (Phi) is 7.94. The molecule has 2 bridgehead atoms. The summed E-state index contributed by atoms with van der Waals surface area (Å²) in [6.45, 7) is 5.03. The highest BCUT2D eigenvalue weighted by Gasteiger charge is 2.52. The van der Waals surface area contributed by atoms with Crippen molar-refractivity contribution in [2.45, 2.75) is 82.2 Å². The van der Waals surface area contributed by atoms with E-state index < -0.39 is 76.8 Å². The average Bonchev–Trinajstić information content (AvgIpc) is 3.55. The van der Waals surface area contributed by atoms with Crippen molar-refractivity contribution in [2.75, 3.05) is 24.5 Å². The first-order valence-corrected chi connectivity index (χ1v) is 13.0. The largest absolute Gasteiger partial charge is 0.444 e. The predicted molar refractivity (Wildman–Crippen MR) is 131 cm³/mol. The third kappa shape index (κ3) is 6.52. The van der Waals surface area contributed by atoms with Crippen LogP contribution in [-0.2, 0) is 26.7 Å². The van der Waals surface area contributed by atoms with E-state index in [4.69, 9.17) is 4.74 Å². The number of hydrogen-bond donors (Lipinski definition) is 1. The number of halogens is 6. The van der Waals surface area contributed by atoms with E-state index in [-0.39, 0.29) is 25.6 Å². The molecule has 0 radical (unpaired) electrons. The van der Waals surface area contributed by atoms with Crippen LogP contribution in [0.5, 0.6) is 0 Å². The Morgan fingerprint density at radius 2 is 1.71 bits per heavy atom. The number of ether oxygens (including phenoxy) is 1. The first-order chi connectivity index (χ1) is 18.9. The third-order valence-electron chi connectivity index (χ3n) is 7.21. The maximum atomic E-state index is 13.4. The molecule has 0 saturated carbocycles. The Hall–Kier alpha value is -3.54. The molecule has 4 rings (SSSR count). The number of likely N-dealkylation sites (tertiary alicyclic amines) is 2. The smallest absolute Gasteiger partial charge is 0.416 e. The van der Waals surface area contributed by atoms with Gasteiger partial charge in [0.2, 0.25) is 11.8 Å². The second-order valence-corrected chi connectivity index (χ2v) is 11.3. The van der Waals surface area contributed by atoms with Crippen LogP contribution in [0.4, 0.5) is 36.8 Å². The number of amides is 3. The molecule has 1 aromatic rings. The molecule has 3 fully saturated rings. The molecule has 9 nitrogen and oxygen atoms in total. The summed E-state index contributed by atoms with van der Waals surface area (Å²) >= 11 is 0. The first kappa shape index (κ1) is 30.4. The van der Waals surface area contributed by atoms with E-state index in [0.29, 0.717) is 31.5 Å². The summed E-state index contributed by atoms with van der Waals surface area (Å²) < 4.78 is 85.7. The van der Waals surface area contributed by atoms with Crippen LogP contribution in [-0.4, -0.2) is 77.1 Å². The van der Waals surface area contributed by atoms with Crippen LogP contribution in [0.2, 0.25) is 0 Å². The maximum Gasteiger partial charge on any atom is 0.416 e. The number of nitrogens with one attached hydrogen (secondary N) is 1. The van der Waals surface area contributed by atoms with Crippen LogP contribution in [0.25, 0.3) is 0 Å². The SMILES string of the molecule is CC(C)(C)OC(=O)N[C@@H](CN1C[C@@H]2C[C@H]1C(=O)N2c1cc(C(F)(F)F)cc(C(F)(F)F)c1)C(=O)N1CCC[C@H]1C#N. The lowest BCUT2D eigenvalue weighted by Crippen LogP contribution is -2.59. The van der Waals surface area contributed by atoms with Crippen LogP contribution in [0.3, 0.4) is 0 Å². The number of nitrogens with zero attached hydrogens (tertiary/aromatic N) is 4. The number of alkyl halides is 6. The van der Waals surface area contributed by atoms with E-state index in [9.17, 15) is 46.0 Å². The fourth-order valence-electron chi connectivity index (χ4n) is 5.52. The quantitative estimate of drug-likeness (QED) is 0.522. The Balaban J connectivity index is 1.57. The molecule has 3 saturated heterocycles. The second-order valence-electron chi connectivity index (χ2n) is 11.3. The van der Waals surface area contributed by atoms with E-state index in [1.165, 1.54) is 4.90 Å². The van der Waals surface area contributed by atoms with Crippen molar-refractivity contribution in [3.05, 3.63) is 29.3 Å². The number of anilines is 1. The average molecular weight is 590 g/mol. The van der Waals surface area contributed by atoms with Gasteiger partial charge in [-0.3, -0.25) is 14.5 Å². The van der Waals surface area contributed by atoms with Crippen molar-refractivity contribution in [2.24, 2.45) is 0 Å². The highest BCUT2D eigenvalue weighted by Crippen LogP contribution is 2.42. The lowest BCUT2D eigenvalue weighted by molar-refractivity contribution is -0.143. The molecule has 3 amide bonds. The van der Waals surface area contributed by atoms with Crippen molar-refractivity contribution in [1.82, 2.24) is 15.1 Å². The van der Waals surface area contributed by atoms with E-state index in [2.05, 4.69) is 5.32 Å². The van der Waals surface area contributed by atoms with E-state index in [1.807, 2.05) is 6.07 Å². The Morgan fingerprint density at radius 3 is 2.22 bits per heavy atom. The maximum absolute atomic E-state index is 13.4. The van der Waals surface area contributed by atoms with Gasteiger partial charge in [-0.05, 0) is 58.2 Å². The molecule has 0 aliphatic carbocycles. The second kappa shape index (κ2) is 10.7. The van der Waals surface area contributed by atoms with Crippen LogP contribution in [0, 0.1) is 11.3 Å². The number of alkyl carbamates (subject to hydrolysis) is 1. The molecule has 0 spiro atoms. The Morgan fingerprint density at radius 1 is 1.10 bits per heavy atom. The molecule has 3 aliphatic heterocycles. The standard InChI is InChI=1S/C26H29F6N5O4/c1-24(2,3)41-23(40)34-19(21(38)36-6-4-5-16(36)11-33)13-35-12-18-10-20(35)22(39)37(18)17-8-14(25(27,28)29)7-15(9-17)26(30,31)32/h7-9,16,18-20H,4-6,10,12-13H2,1-3H3,(H,34,40)/t16-,18-,19-,20-/m0/s1. The van der Waals surface area contributed by atoms with Crippen LogP contribution in [0.1, 0.15) is 51.2 Å². The number of piperazine rings is 1. The predicted octanol–water partition coefficient (Wildman–Crippen LogP) is 3.92. The van der Waals surface area contributed by atoms with Crippen LogP contribution >= 0.6 is 0 Å².